The van der Waals surface area contributed by atoms with E-state index in [1.165, 1.54) is 39.5 Å². The molecule has 0 spiro atoms. The Kier molecular flexibility index (Phi) is 6.17. The Labute approximate surface area is 155 Å². The van der Waals surface area contributed by atoms with Crippen molar-refractivity contribution in [2.75, 3.05) is 21.3 Å². The molecule has 1 N–H and O–H groups in total. The highest BCUT2D eigenvalue weighted by molar-refractivity contribution is 6.37. The third kappa shape index (κ3) is 3.83. The van der Waals surface area contributed by atoms with Gasteiger partial charge in [-0.05, 0) is 24.3 Å². The van der Waals surface area contributed by atoms with Crippen LogP contribution in [0.25, 0.3) is 6.08 Å². The molecule has 0 aliphatic rings. The first-order chi connectivity index (χ1) is 11.9. The van der Waals surface area contributed by atoms with E-state index in [2.05, 4.69) is 0 Å². The van der Waals surface area contributed by atoms with Crippen LogP contribution in [-0.2, 0) is 0 Å². The van der Waals surface area contributed by atoms with E-state index in [9.17, 15) is 9.90 Å². The Morgan fingerprint density at radius 2 is 1.64 bits per heavy atom. The molecule has 2 aromatic carbocycles. The second-order valence-electron chi connectivity index (χ2n) is 4.87. The van der Waals surface area contributed by atoms with Gasteiger partial charge in [-0.2, -0.15) is 0 Å². The first-order valence-electron chi connectivity index (χ1n) is 7.12. The van der Waals surface area contributed by atoms with Gasteiger partial charge in [0.15, 0.2) is 17.3 Å². The summed E-state index contributed by atoms with van der Waals surface area (Å²) in [5.74, 6) is -0.290. The molecule has 0 aliphatic carbocycles. The number of hydrogen-bond acceptors (Lipinski definition) is 5. The predicted octanol–water partition coefficient (Wildman–Crippen LogP) is 4.62. The van der Waals surface area contributed by atoms with Crippen LogP contribution in [0.15, 0.2) is 30.3 Å². The van der Waals surface area contributed by atoms with Crippen LogP contribution >= 0.6 is 23.2 Å². The van der Waals surface area contributed by atoms with Crippen LogP contribution in [0.2, 0.25) is 10.0 Å². The molecular formula is C18H16Cl2O5. The molecule has 0 radical (unpaired) electrons. The Balaban J connectivity index is 2.51. The molecule has 0 amide bonds. The molecule has 0 saturated carbocycles. The summed E-state index contributed by atoms with van der Waals surface area (Å²) in [4.78, 5) is 12.6. The van der Waals surface area contributed by atoms with Gasteiger partial charge in [-0.15, -0.1) is 0 Å². The fraction of sp³-hybridized carbons (Fsp3) is 0.167. The van der Waals surface area contributed by atoms with Crippen molar-refractivity contribution in [1.29, 1.82) is 0 Å². The minimum absolute atomic E-state index is 0.0559. The van der Waals surface area contributed by atoms with Crippen molar-refractivity contribution in [3.05, 3.63) is 51.5 Å². The van der Waals surface area contributed by atoms with E-state index in [4.69, 9.17) is 37.4 Å². The molecule has 0 unspecified atom stereocenters. The van der Waals surface area contributed by atoms with Crippen LogP contribution < -0.4 is 14.2 Å². The number of rotatable bonds is 6. The lowest BCUT2D eigenvalue weighted by Gasteiger charge is -2.15. The molecule has 0 heterocycles. The maximum atomic E-state index is 12.6. The molecule has 0 atom stereocenters. The quantitative estimate of drug-likeness (QED) is 0.583. The van der Waals surface area contributed by atoms with Crippen LogP contribution in [0.1, 0.15) is 15.9 Å². The highest BCUT2D eigenvalue weighted by Crippen LogP contribution is 2.45. The molecule has 0 saturated heterocycles. The summed E-state index contributed by atoms with van der Waals surface area (Å²) < 4.78 is 15.6. The summed E-state index contributed by atoms with van der Waals surface area (Å²) in [5, 5.41) is 11.0. The van der Waals surface area contributed by atoms with Crippen LogP contribution in [0, 0.1) is 0 Å². The summed E-state index contributed by atoms with van der Waals surface area (Å²) in [6.45, 7) is 0. The van der Waals surface area contributed by atoms with Crippen LogP contribution in [0.4, 0.5) is 0 Å². The molecular weight excluding hydrogens is 367 g/mol. The highest BCUT2D eigenvalue weighted by atomic mass is 35.5. The van der Waals surface area contributed by atoms with Crippen LogP contribution in [-0.4, -0.2) is 32.2 Å². The number of benzene rings is 2. The van der Waals surface area contributed by atoms with Crippen LogP contribution in [0.5, 0.6) is 23.0 Å². The molecule has 25 heavy (non-hydrogen) atoms. The van der Waals surface area contributed by atoms with Gasteiger partial charge in [-0.25, -0.2) is 0 Å². The number of aromatic hydroxyl groups is 1. The molecule has 0 aromatic heterocycles. The number of allylic oxidation sites excluding steroid dienone is 1. The van der Waals surface area contributed by atoms with E-state index in [-0.39, 0.29) is 28.6 Å². The first kappa shape index (κ1) is 19.0. The van der Waals surface area contributed by atoms with Gasteiger partial charge in [0.25, 0.3) is 0 Å². The standard InChI is InChI=1S/C18H16Cl2O5/c1-23-15-9-14(22)16(18(25-3)17(15)24-2)13(21)8-7-10-11(19)5-4-6-12(10)20/h4-9,22H,1-3H3/b8-7+. The van der Waals surface area contributed by atoms with Crippen molar-refractivity contribution in [2.24, 2.45) is 0 Å². The fourth-order valence-corrected chi connectivity index (χ4v) is 2.82. The summed E-state index contributed by atoms with van der Waals surface area (Å²) >= 11 is 12.2. The van der Waals surface area contributed by atoms with Crippen molar-refractivity contribution in [2.45, 2.75) is 0 Å². The molecule has 0 bridgehead atoms. The van der Waals surface area contributed by atoms with Crippen molar-refractivity contribution in [1.82, 2.24) is 0 Å². The zero-order chi connectivity index (χ0) is 18.6. The lowest BCUT2D eigenvalue weighted by Crippen LogP contribution is -2.03. The summed E-state index contributed by atoms with van der Waals surface area (Å²) in [7, 11) is 4.19. The smallest absolute Gasteiger partial charge is 0.204 e. The highest BCUT2D eigenvalue weighted by Gasteiger charge is 2.24. The topological polar surface area (TPSA) is 65.0 Å². The van der Waals surface area contributed by atoms with Crippen molar-refractivity contribution in [3.8, 4) is 23.0 Å². The van der Waals surface area contributed by atoms with Crippen LogP contribution in [0.3, 0.4) is 0 Å². The van der Waals surface area contributed by atoms with Crippen molar-refractivity contribution < 1.29 is 24.1 Å². The van der Waals surface area contributed by atoms with Gasteiger partial charge in [-0.3, -0.25) is 4.79 Å². The van der Waals surface area contributed by atoms with Gasteiger partial charge in [0.2, 0.25) is 5.75 Å². The molecule has 2 aromatic rings. The third-order valence-corrected chi connectivity index (χ3v) is 4.12. The second-order valence-corrected chi connectivity index (χ2v) is 5.69. The number of ketones is 1. The Morgan fingerprint density at radius 1 is 1.04 bits per heavy atom. The summed E-state index contributed by atoms with van der Waals surface area (Å²) in [6.07, 6.45) is 2.72. The lowest BCUT2D eigenvalue weighted by atomic mass is 10.0. The maximum absolute atomic E-state index is 12.6. The number of methoxy groups -OCH3 is 3. The number of ether oxygens (including phenoxy) is 3. The van der Waals surface area contributed by atoms with E-state index < -0.39 is 5.78 Å². The van der Waals surface area contributed by atoms with E-state index in [0.29, 0.717) is 15.6 Å². The van der Waals surface area contributed by atoms with Gasteiger partial charge in [-0.1, -0.05) is 29.3 Å². The monoisotopic (exact) mass is 382 g/mol. The molecule has 132 valence electrons. The lowest BCUT2D eigenvalue weighted by molar-refractivity contribution is 0.104. The fourth-order valence-electron chi connectivity index (χ4n) is 2.29. The number of halogens is 2. The van der Waals surface area contributed by atoms with E-state index in [1.54, 1.807) is 18.2 Å². The van der Waals surface area contributed by atoms with E-state index in [0.717, 1.165) is 0 Å². The number of carbonyl (C=O) groups excluding carboxylic acids is 1. The van der Waals surface area contributed by atoms with E-state index >= 15 is 0 Å². The van der Waals surface area contributed by atoms with Gasteiger partial charge in [0, 0.05) is 21.7 Å². The van der Waals surface area contributed by atoms with E-state index in [1.807, 2.05) is 0 Å². The minimum atomic E-state index is -0.508. The van der Waals surface area contributed by atoms with Gasteiger partial charge < -0.3 is 19.3 Å². The molecule has 2 rings (SSSR count). The molecule has 0 aliphatic heterocycles. The van der Waals surface area contributed by atoms with Gasteiger partial charge in [0.1, 0.15) is 11.3 Å². The summed E-state index contributed by atoms with van der Waals surface area (Å²) in [6, 6.07) is 6.30. The van der Waals surface area contributed by atoms with Gasteiger partial charge in [0.05, 0.1) is 21.3 Å². The summed E-state index contributed by atoms with van der Waals surface area (Å²) in [5.41, 5.74) is 0.442. The Hall–Kier alpha value is -2.37. The SMILES string of the molecule is COc1cc(O)c(C(=O)/C=C/c2c(Cl)cccc2Cl)c(OC)c1OC. The first-order valence-corrected chi connectivity index (χ1v) is 7.88. The molecule has 5 nitrogen and oxygen atoms in total. The second kappa shape index (κ2) is 8.14. The number of phenols is 1. The average molecular weight is 383 g/mol. The number of phenolic OH excluding ortho intramolecular Hbond substituents is 1. The zero-order valence-corrected chi connectivity index (χ0v) is 15.3. The maximum Gasteiger partial charge on any atom is 0.204 e. The molecule has 7 heteroatoms. The number of hydrogen-bond donors (Lipinski definition) is 1. The average Bonchev–Trinajstić information content (AvgIpc) is 2.59. The van der Waals surface area contributed by atoms with Crippen molar-refractivity contribution in [3.63, 3.8) is 0 Å². The minimum Gasteiger partial charge on any atom is -0.507 e. The number of carbonyl (C=O) groups is 1. The molecule has 0 fully saturated rings. The Morgan fingerprint density at radius 3 is 2.16 bits per heavy atom. The normalized spacial score (nSPS) is 10.8. The van der Waals surface area contributed by atoms with Crippen molar-refractivity contribution >= 4 is 35.1 Å². The third-order valence-electron chi connectivity index (χ3n) is 3.46. The zero-order valence-electron chi connectivity index (χ0n) is 13.8. The Bertz CT molecular complexity index is 810. The largest absolute Gasteiger partial charge is 0.507 e. The van der Waals surface area contributed by atoms with Gasteiger partial charge >= 0.3 is 0 Å². The predicted molar refractivity (Wildman–Crippen MR) is 97.6 cm³/mol.